The normalized spacial score (nSPS) is 10.5. The molecule has 0 aromatic heterocycles. The quantitative estimate of drug-likeness (QED) is 0.0582. The number of hydrogen-bond donors (Lipinski definition) is 0. The molecule has 4 nitrogen and oxygen atoms in total. The second-order valence-corrected chi connectivity index (χ2v) is 12.8. The number of hydrogen-bond acceptors (Lipinski definition) is 6. The Bertz CT molecular complexity index is 439. The maximum Gasteiger partial charge on any atom is 2.00 e. The van der Waals surface area contributed by atoms with Gasteiger partial charge in [-0.3, -0.25) is 0 Å². The zero-order chi connectivity index (χ0) is 28.4. The summed E-state index contributed by atoms with van der Waals surface area (Å²) < 4.78 is 0. The van der Waals surface area contributed by atoms with Gasteiger partial charge in [-0.05, 0) is 24.3 Å². The molecule has 0 rings (SSSR count). The minimum Gasteiger partial charge on any atom is -0.549 e. The van der Waals surface area contributed by atoms with Crippen LogP contribution >= 0.6 is 23.5 Å². The van der Waals surface area contributed by atoms with E-state index < -0.39 is 11.9 Å². The molecule has 0 bridgehead atoms. The van der Waals surface area contributed by atoms with Gasteiger partial charge >= 0.3 is 17.1 Å². The van der Waals surface area contributed by atoms with E-state index in [-0.39, 0.29) is 28.6 Å². The molecular formula is C32H62CuO4S2. The van der Waals surface area contributed by atoms with E-state index in [1.165, 1.54) is 165 Å². The van der Waals surface area contributed by atoms with E-state index in [2.05, 4.69) is 13.8 Å². The van der Waals surface area contributed by atoms with E-state index in [0.29, 0.717) is 0 Å². The van der Waals surface area contributed by atoms with Crippen LogP contribution in [0.5, 0.6) is 0 Å². The second kappa shape index (κ2) is 40.3. The summed E-state index contributed by atoms with van der Waals surface area (Å²) >= 11 is 2.96. The number of carboxylic acids is 2. The first-order chi connectivity index (χ1) is 18.5. The van der Waals surface area contributed by atoms with Crippen molar-refractivity contribution in [2.45, 2.75) is 168 Å². The van der Waals surface area contributed by atoms with Crippen molar-refractivity contribution in [2.75, 3.05) is 23.0 Å². The summed E-state index contributed by atoms with van der Waals surface area (Å²) in [5.41, 5.74) is 0. The van der Waals surface area contributed by atoms with Crippen molar-refractivity contribution in [1.29, 1.82) is 0 Å². The maximum absolute atomic E-state index is 10.2. The van der Waals surface area contributed by atoms with Crippen LogP contribution in [0.1, 0.15) is 168 Å². The van der Waals surface area contributed by atoms with E-state index >= 15 is 0 Å². The molecule has 0 aliphatic carbocycles. The zero-order valence-corrected chi connectivity index (χ0v) is 28.1. The molecule has 0 aromatic carbocycles. The van der Waals surface area contributed by atoms with Crippen molar-refractivity contribution in [1.82, 2.24) is 0 Å². The number of aliphatic carboxylic acids is 2. The average Bonchev–Trinajstić information content (AvgIpc) is 2.89. The Labute approximate surface area is 262 Å². The van der Waals surface area contributed by atoms with Gasteiger partial charge in [-0.2, -0.15) is 23.5 Å². The monoisotopic (exact) mass is 637 g/mol. The third kappa shape index (κ3) is 48.2. The van der Waals surface area contributed by atoms with Gasteiger partial charge in [-0.25, -0.2) is 0 Å². The van der Waals surface area contributed by atoms with Crippen molar-refractivity contribution in [3.8, 4) is 0 Å². The molecule has 0 fully saturated rings. The molecule has 0 amide bonds. The molecular weight excluding hydrogens is 576 g/mol. The minimum atomic E-state index is -0.941. The molecule has 0 heterocycles. The molecule has 7 heteroatoms. The van der Waals surface area contributed by atoms with Crippen LogP contribution in [-0.4, -0.2) is 35.0 Å². The third-order valence-electron chi connectivity index (χ3n) is 6.72. The predicted octanol–water partition coefficient (Wildman–Crippen LogP) is 8.34. The topological polar surface area (TPSA) is 80.3 Å². The van der Waals surface area contributed by atoms with E-state index in [9.17, 15) is 19.8 Å². The van der Waals surface area contributed by atoms with Crippen molar-refractivity contribution < 1.29 is 36.9 Å². The molecule has 0 N–H and O–H groups in total. The fourth-order valence-electron chi connectivity index (χ4n) is 4.40. The van der Waals surface area contributed by atoms with E-state index in [4.69, 9.17) is 0 Å². The molecule has 0 unspecified atom stereocenters. The summed E-state index contributed by atoms with van der Waals surface area (Å²) in [7, 11) is 0. The maximum atomic E-state index is 10.2. The van der Waals surface area contributed by atoms with Gasteiger partial charge in [0.05, 0.1) is 11.9 Å². The first-order valence-corrected chi connectivity index (χ1v) is 18.4. The largest absolute Gasteiger partial charge is 2.00 e. The van der Waals surface area contributed by atoms with Crippen LogP contribution in [0.15, 0.2) is 0 Å². The molecule has 0 aliphatic heterocycles. The van der Waals surface area contributed by atoms with E-state index in [1.54, 1.807) is 0 Å². The standard InChI is InChI=1S/2C16H32O2S.Cu/c2*1-2-3-4-5-6-7-8-9-10-11-12-13-14-19-15-16(17)18;/h2*2-15H2,1H3,(H,17,18);/q;;+2/p-2. The van der Waals surface area contributed by atoms with Crippen LogP contribution in [0.3, 0.4) is 0 Å². The van der Waals surface area contributed by atoms with Crippen LogP contribution in [0.25, 0.3) is 0 Å². The summed E-state index contributed by atoms with van der Waals surface area (Å²) in [5.74, 6) is 0.347. The van der Waals surface area contributed by atoms with Crippen molar-refractivity contribution in [2.24, 2.45) is 0 Å². The fraction of sp³-hybridized carbons (Fsp3) is 0.938. The van der Waals surface area contributed by atoms with Gasteiger partial charge in [0.15, 0.2) is 0 Å². The Balaban J connectivity index is -0.000000648. The van der Waals surface area contributed by atoms with Gasteiger partial charge in [0.25, 0.3) is 0 Å². The Morgan fingerprint density at radius 1 is 0.410 bits per heavy atom. The summed E-state index contributed by atoms with van der Waals surface area (Å²) in [6, 6.07) is 0. The number of thioether (sulfide) groups is 2. The van der Waals surface area contributed by atoms with Crippen LogP contribution in [-0.2, 0) is 26.7 Å². The number of carbonyl (C=O) groups excluding carboxylic acids is 2. The summed E-state index contributed by atoms with van der Waals surface area (Å²) in [6.45, 7) is 4.52. The SMILES string of the molecule is CCCCCCCCCCCCCCSCC(=O)[O-].CCCCCCCCCCCCCCSCC(=O)[O-].[Cu+2]. The van der Waals surface area contributed by atoms with E-state index in [0.717, 1.165) is 24.3 Å². The molecule has 39 heavy (non-hydrogen) atoms. The summed E-state index contributed by atoms with van der Waals surface area (Å²) in [5, 5.41) is 20.4. The van der Waals surface area contributed by atoms with Crippen molar-refractivity contribution >= 4 is 35.5 Å². The van der Waals surface area contributed by atoms with Gasteiger partial charge in [-0.15, -0.1) is 0 Å². The first-order valence-electron chi connectivity index (χ1n) is 16.1. The molecule has 0 atom stereocenters. The van der Waals surface area contributed by atoms with Crippen molar-refractivity contribution in [3.63, 3.8) is 0 Å². The minimum absolute atomic E-state index is 0. The molecule has 0 spiro atoms. The summed E-state index contributed by atoms with van der Waals surface area (Å²) in [6.07, 6.45) is 32.4. The molecule has 237 valence electrons. The Morgan fingerprint density at radius 3 is 0.821 bits per heavy atom. The Kier molecular flexibility index (Phi) is 45.1. The van der Waals surface area contributed by atoms with Gasteiger partial charge in [0.2, 0.25) is 0 Å². The smallest absolute Gasteiger partial charge is 0.549 e. The number of rotatable bonds is 30. The predicted molar refractivity (Wildman–Crippen MR) is 167 cm³/mol. The summed E-state index contributed by atoms with van der Waals surface area (Å²) in [4.78, 5) is 20.4. The van der Waals surface area contributed by atoms with Gasteiger partial charge < -0.3 is 19.8 Å². The van der Waals surface area contributed by atoms with Crippen LogP contribution in [0.4, 0.5) is 0 Å². The molecule has 0 aliphatic rings. The molecule has 0 aromatic rings. The van der Waals surface area contributed by atoms with Gasteiger partial charge in [-0.1, -0.05) is 155 Å². The number of unbranched alkanes of at least 4 members (excludes halogenated alkanes) is 22. The van der Waals surface area contributed by atoms with Gasteiger partial charge in [0, 0.05) is 11.5 Å². The Morgan fingerprint density at radius 2 is 0.615 bits per heavy atom. The van der Waals surface area contributed by atoms with Crippen LogP contribution < -0.4 is 10.2 Å². The van der Waals surface area contributed by atoms with Crippen molar-refractivity contribution in [3.05, 3.63) is 0 Å². The number of carbonyl (C=O) groups is 2. The molecule has 1 radical (unpaired) electrons. The molecule has 0 saturated carbocycles. The van der Waals surface area contributed by atoms with Crippen LogP contribution in [0, 0.1) is 0 Å². The average molecular weight is 639 g/mol. The van der Waals surface area contributed by atoms with Crippen LogP contribution in [0.2, 0.25) is 0 Å². The fourth-order valence-corrected chi connectivity index (χ4v) is 5.84. The third-order valence-corrected chi connectivity index (χ3v) is 8.76. The first kappa shape index (κ1) is 43.6. The van der Waals surface area contributed by atoms with Gasteiger partial charge in [0.1, 0.15) is 0 Å². The van der Waals surface area contributed by atoms with E-state index in [1.807, 2.05) is 0 Å². The molecule has 0 saturated heterocycles. The Hall–Kier alpha value is 0.159. The number of carboxylic acid groups (broad SMARTS) is 2. The zero-order valence-electron chi connectivity index (χ0n) is 25.5. The second-order valence-electron chi connectivity index (χ2n) is 10.6.